The molecule has 3 rings (SSSR count). The van der Waals surface area contributed by atoms with Gasteiger partial charge in [0.2, 0.25) is 0 Å². The third-order valence-electron chi connectivity index (χ3n) is 3.60. The highest BCUT2D eigenvalue weighted by atomic mass is 19.2. The number of hydrogen-bond acceptors (Lipinski definition) is 3. The summed E-state index contributed by atoms with van der Waals surface area (Å²) in [5.41, 5.74) is 0.449. The summed E-state index contributed by atoms with van der Waals surface area (Å²) in [5, 5.41) is 9.81. The van der Waals surface area contributed by atoms with Gasteiger partial charge in [0.15, 0.2) is 17.4 Å². The Morgan fingerprint density at radius 1 is 1.29 bits per heavy atom. The predicted octanol–water partition coefficient (Wildman–Crippen LogP) is 2.51. The molecule has 1 amide bonds. The zero-order valence-corrected chi connectivity index (χ0v) is 11.0. The lowest BCUT2D eigenvalue weighted by atomic mass is 10.0. The number of aliphatic hydroxyl groups excluding tert-OH is 1. The van der Waals surface area contributed by atoms with Gasteiger partial charge in [0.1, 0.15) is 0 Å². The molecule has 4 nitrogen and oxygen atoms in total. The molecule has 21 heavy (non-hydrogen) atoms. The van der Waals surface area contributed by atoms with Crippen molar-refractivity contribution in [3.63, 3.8) is 0 Å². The van der Waals surface area contributed by atoms with E-state index in [0.717, 1.165) is 12.1 Å². The van der Waals surface area contributed by atoms with E-state index in [1.54, 1.807) is 6.07 Å². The van der Waals surface area contributed by atoms with E-state index in [0.29, 0.717) is 5.56 Å². The van der Waals surface area contributed by atoms with Crippen LogP contribution in [-0.2, 0) is 0 Å². The van der Waals surface area contributed by atoms with Crippen LogP contribution >= 0.6 is 0 Å². The molecule has 2 aromatic rings. The second-order valence-corrected chi connectivity index (χ2v) is 5.01. The normalized spacial score (nSPS) is 21.8. The number of furan rings is 1. The van der Waals surface area contributed by atoms with E-state index < -0.39 is 23.8 Å². The van der Waals surface area contributed by atoms with Crippen molar-refractivity contribution < 1.29 is 23.1 Å². The van der Waals surface area contributed by atoms with Crippen LogP contribution < -0.4 is 0 Å². The van der Waals surface area contributed by atoms with Gasteiger partial charge in [0.05, 0.1) is 18.4 Å². The first-order chi connectivity index (χ1) is 10.1. The average Bonchev–Trinajstić information content (AvgIpc) is 3.10. The third-order valence-corrected chi connectivity index (χ3v) is 3.60. The van der Waals surface area contributed by atoms with Crippen LogP contribution in [0.3, 0.4) is 0 Å². The fourth-order valence-electron chi connectivity index (χ4n) is 2.62. The van der Waals surface area contributed by atoms with Crippen molar-refractivity contribution in [3.05, 3.63) is 59.6 Å². The fraction of sp³-hybridized carbons (Fsp3) is 0.267. The smallest absolute Gasteiger partial charge is 0.290 e. The maximum absolute atomic E-state index is 13.4. The van der Waals surface area contributed by atoms with Crippen LogP contribution in [0.2, 0.25) is 0 Å². The highest BCUT2D eigenvalue weighted by molar-refractivity contribution is 5.92. The molecule has 0 saturated carbocycles. The molecule has 2 atom stereocenters. The van der Waals surface area contributed by atoms with Gasteiger partial charge in [0, 0.05) is 6.54 Å². The lowest BCUT2D eigenvalue weighted by Gasteiger charge is -2.23. The van der Waals surface area contributed by atoms with E-state index in [4.69, 9.17) is 4.42 Å². The number of rotatable bonds is 2. The molecule has 1 saturated heterocycles. The number of aliphatic hydroxyl groups is 1. The topological polar surface area (TPSA) is 53.7 Å². The van der Waals surface area contributed by atoms with Gasteiger partial charge in [-0.15, -0.1) is 0 Å². The maximum atomic E-state index is 13.4. The molecule has 1 N–H and O–H groups in total. The number of likely N-dealkylation sites (tertiary alicyclic amines) is 1. The summed E-state index contributed by atoms with van der Waals surface area (Å²) < 4.78 is 31.5. The number of benzene rings is 1. The summed E-state index contributed by atoms with van der Waals surface area (Å²) in [6.07, 6.45) is 0.950. The van der Waals surface area contributed by atoms with Crippen molar-refractivity contribution in [2.75, 3.05) is 6.54 Å². The highest BCUT2D eigenvalue weighted by Gasteiger charge is 2.36. The van der Waals surface area contributed by atoms with E-state index in [1.165, 1.54) is 23.3 Å². The van der Waals surface area contributed by atoms with Crippen LogP contribution in [0.5, 0.6) is 0 Å². The molecule has 2 unspecified atom stereocenters. The van der Waals surface area contributed by atoms with Crippen LogP contribution in [0.1, 0.15) is 28.6 Å². The summed E-state index contributed by atoms with van der Waals surface area (Å²) in [7, 11) is 0. The van der Waals surface area contributed by atoms with Gasteiger partial charge < -0.3 is 14.4 Å². The fourth-order valence-corrected chi connectivity index (χ4v) is 2.62. The summed E-state index contributed by atoms with van der Waals surface area (Å²) in [4.78, 5) is 13.8. The van der Waals surface area contributed by atoms with Gasteiger partial charge in [-0.25, -0.2) is 8.78 Å². The van der Waals surface area contributed by atoms with Gasteiger partial charge in [-0.05, 0) is 36.2 Å². The van der Waals surface area contributed by atoms with Gasteiger partial charge in [-0.3, -0.25) is 4.79 Å². The lowest BCUT2D eigenvalue weighted by molar-refractivity contribution is 0.0683. The Morgan fingerprint density at radius 3 is 2.76 bits per heavy atom. The SMILES string of the molecule is O=C(c1ccco1)N1CC(O)CC1c1ccc(F)c(F)c1. The van der Waals surface area contributed by atoms with E-state index in [9.17, 15) is 18.7 Å². The number of amides is 1. The zero-order chi connectivity index (χ0) is 15.0. The minimum atomic E-state index is -0.973. The quantitative estimate of drug-likeness (QED) is 0.925. The summed E-state index contributed by atoms with van der Waals surface area (Å²) in [6, 6.07) is 6.10. The monoisotopic (exact) mass is 293 g/mol. The van der Waals surface area contributed by atoms with Gasteiger partial charge in [0.25, 0.3) is 5.91 Å². The second kappa shape index (κ2) is 5.29. The van der Waals surface area contributed by atoms with Gasteiger partial charge in [-0.1, -0.05) is 6.07 Å². The summed E-state index contributed by atoms with van der Waals surface area (Å²) in [6.45, 7) is 0.128. The molecule has 0 bridgehead atoms. The van der Waals surface area contributed by atoms with Crippen molar-refractivity contribution in [2.24, 2.45) is 0 Å². The number of hydrogen-bond donors (Lipinski definition) is 1. The molecule has 2 heterocycles. The van der Waals surface area contributed by atoms with Crippen LogP contribution in [0, 0.1) is 11.6 Å². The lowest BCUT2D eigenvalue weighted by Crippen LogP contribution is -2.31. The molecule has 1 fully saturated rings. The molecular weight excluding hydrogens is 280 g/mol. The molecule has 0 spiro atoms. The van der Waals surface area contributed by atoms with Crippen LogP contribution in [0.25, 0.3) is 0 Å². The summed E-state index contributed by atoms with van der Waals surface area (Å²) >= 11 is 0. The Balaban J connectivity index is 1.92. The standard InChI is InChI=1S/C15H13F2NO3/c16-11-4-3-9(6-12(11)17)13-7-10(19)8-18(13)15(20)14-2-1-5-21-14/h1-6,10,13,19H,7-8H2. The first-order valence-electron chi connectivity index (χ1n) is 6.53. The minimum absolute atomic E-state index is 0.128. The zero-order valence-electron chi connectivity index (χ0n) is 11.0. The van der Waals surface area contributed by atoms with Crippen LogP contribution in [-0.4, -0.2) is 28.6 Å². The molecule has 1 aromatic carbocycles. The molecule has 6 heteroatoms. The van der Waals surface area contributed by atoms with Gasteiger partial charge in [-0.2, -0.15) is 0 Å². The number of carbonyl (C=O) groups is 1. The highest BCUT2D eigenvalue weighted by Crippen LogP contribution is 2.34. The third kappa shape index (κ3) is 2.54. The molecule has 1 aromatic heterocycles. The van der Waals surface area contributed by atoms with Gasteiger partial charge >= 0.3 is 0 Å². The van der Waals surface area contributed by atoms with E-state index in [2.05, 4.69) is 0 Å². The van der Waals surface area contributed by atoms with E-state index in [1.807, 2.05) is 0 Å². The number of carbonyl (C=O) groups excluding carboxylic acids is 1. The average molecular weight is 293 g/mol. The van der Waals surface area contributed by atoms with E-state index in [-0.39, 0.29) is 24.6 Å². The maximum Gasteiger partial charge on any atom is 0.290 e. The summed E-state index contributed by atoms with van der Waals surface area (Å²) in [5.74, 6) is -2.15. The Kier molecular flexibility index (Phi) is 3.47. The molecule has 0 radical (unpaired) electrons. The molecule has 1 aliphatic rings. The molecular formula is C15H13F2NO3. The number of halogens is 2. The number of nitrogens with zero attached hydrogens (tertiary/aromatic N) is 1. The Labute approximate surface area is 119 Å². The molecule has 1 aliphatic heterocycles. The first-order valence-corrected chi connectivity index (χ1v) is 6.53. The van der Waals surface area contributed by atoms with Crippen LogP contribution in [0.15, 0.2) is 41.0 Å². The minimum Gasteiger partial charge on any atom is -0.459 e. The number of β-amino-alcohol motifs (C(OH)–C–C–N with tert-alkyl or cyclic N) is 1. The Morgan fingerprint density at radius 2 is 2.10 bits per heavy atom. The molecule has 0 aliphatic carbocycles. The second-order valence-electron chi connectivity index (χ2n) is 5.01. The van der Waals surface area contributed by atoms with Crippen molar-refractivity contribution in [1.82, 2.24) is 4.90 Å². The largest absolute Gasteiger partial charge is 0.459 e. The van der Waals surface area contributed by atoms with Crippen molar-refractivity contribution >= 4 is 5.91 Å². The Hall–Kier alpha value is -2.21. The van der Waals surface area contributed by atoms with Crippen LogP contribution in [0.4, 0.5) is 8.78 Å². The van der Waals surface area contributed by atoms with E-state index >= 15 is 0 Å². The Bertz CT molecular complexity index is 657. The van der Waals surface area contributed by atoms with Crippen molar-refractivity contribution in [1.29, 1.82) is 0 Å². The first kappa shape index (κ1) is 13.8. The predicted molar refractivity (Wildman–Crippen MR) is 69.5 cm³/mol. The van der Waals surface area contributed by atoms with Crippen molar-refractivity contribution in [2.45, 2.75) is 18.6 Å². The molecule has 110 valence electrons. The van der Waals surface area contributed by atoms with Crippen molar-refractivity contribution in [3.8, 4) is 0 Å².